The maximum absolute atomic E-state index is 11.4. The van der Waals surface area contributed by atoms with E-state index in [4.69, 9.17) is 4.42 Å². The fraction of sp³-hybridized carbons (Fsp3) is 0.667. The Bertz CT molecular complexity index is 427. The van der Waals surface area contributed by atoms with Crippen molar-refractivity contribution in [3.63, 3.8) is 0 Å². The van der Waals surface area contributed by atoms with Crippen molar-refractivity contribution in [2.75, 3.05) is 0 Å². The van der Waals surface area contributed by atoms with Gasteiger partial charge in [-0.25, -0.2) is 0 Å². The molecule has 1 aliphatic rings. The van der Waals surface area contributed by atoms with Crippen LogP contribution in [0.4, 0.5) is 0 Å². The monoisotopic (exact) mass is 282 g/mol. The van der Waals surface area contributed by atoms with Gasteiger partial charge >= 0.3 is 5.97 Å². The molecule has 0 aliphatic heterocycles. The van der Waals surface area contributed by atoms with Gasteiger partial charge in [0, 0.05) is 10.1 Å². The van der Waals surface area contributed by atoms with Gasteiger partial charge in [0.1, 0.15) is 5.76 Å². The highest BCUT2D eigenvalue weighted by Crippen LogP contribution is 2.42. The van der Waals surface area contributed by atoms with Crippen LogP contribution in [0.25, 0.3) is 0 Å². The standard InChI is InChI=1S/C15H22O3S/c1-3-4-11-5-6-12(15(16)17)14(9-11)19-13-7-8-18-10(13)2/h7-8,11-12,14H,3-6,9H2,1-2H3,(H,16,17). The average molecular weight is 282 g/mol. The van der Waals surface area contributed by atoms with Gasteiger partial charge in [-0.2, -0.15) is 0 Å². The number of hydrogen-bond donors (Lipinski definition) is 1. The van der Waals surface area contributed by atoms with E-state index in [1.807, 2.05) is 13.0 Å². The van der Waals surface area contributed by atoms with Crippen LogP contribution in [0.3, 0.4) is 0 Å². The van der Waals surface area contributed by atoms with Crippen LogP contribution >= 0.6 is 11.8 Å². The van der Waals surface area contributed by atoms with E-state index in [9.17, 15) is 9.90 Å². The number of carbonyl (C=O) groups is 1. The van der Waals surface area contributed by atoms with Crippen LogP contribution in [-0.4, -0.2) is 16.3 Å². The van der Waals surface area contributed by atoms with E-state index in [1.54, 1.807) is 18.0 Å². The Labute approximate surface area is 118 Å². The lowest BCUT2D eigenvalue weighted by Crippen LogP contribution is -2.32. The van der Waals surface area contributed by atoms with E-state index >= 15 is 0 Å². The number of furan rings is 1. The molecule has 0 saturated heterocycles. The Morgan fingerprint density at radius 2 is 2.32 bits per heavy atom. The Balaban J connectivity index is 2.07. The summed E-state index contributed by atoms with van der Waals surface area (Å²) in [6, 6.07) is 1.95. The molecule has 3 atom stereocenters. The molecule has 1 aromatic rings. The number of aryl methyl sites for hydroxylation is 1. The van der Waals surface area contributed by atoms with E-state index < -0.39 is 5.97 Å². The summed E-state index contributed by atoms with van der Waals surface area (Å²) in [5, 5.41) is 9.57. The molecular weight excluding hydrogens is 260 g/mol. The molecule has 106 valence electrons. The van der Waals surface area contributed by atoms with Crippen LogP contribution in [0.1, 0.15) is 44.8 Å². The largest absolute Gasteiger partial charge is 0.481 e. The van der Waals surface area contributed by atoms with Gasteiger partial charge in [0.05, 0.1) is 12.2 Å². The Kier molecular flexibility index (Phi) is 4.97. The molecule has 1 fully saturated rings. The second kappa shape index (κ2) is 6.51. The Morgan fingerprint density at radius 1 is 1.53 bits per heavy atom. The first kappa shape index (κ1) is 14.5. The van der Waals surface area contributed by atoms with Crippen molar-refractivity contribution in [1.29, 1.82) is 0 Å². The molecule has 4 heteroatoms. The number of rotatable bonds is 5. The van der Waals surface area contributed by atoms with E-state index in [-0.39, 0.29) is 11.2 Å². The average Bonchev–Trinajstić information content (AvgIpc) is 2.75. The first-order valence-corrected chi connectivity index (χ1v) is 7.93. The van der Waals surface area contributed by atoms with Crippen molar-refractivity contribution in [1.82, 2.24) is 0 Å². The molecule has 2 rings (SSSR count). The normalized spacial score (nSPS) is 27.4. The van der Waals surface area contributed by atoms with Gasteiger partial charge in [0.2, 0.25) is 0 Å². The highest BCUT2D eigenvalue weighted by atomic mass is 32.2. The second-order valence-electron chi connectivity index (χ2n) is 5.41. The molecule has 1 N–H and O–H groups in total. The van der Waals surface area contributed by atoms with Gasteiger partial charge in [-0.15, -0.1) is 11.8 Å². The molecule has 1 saturated carbocycles. The van der Waals surface area contributed by atoms with Crippen molar-refractivity contribution in [2.45, 2.75) is 56.1 Å². The Hall–Kier alpha value is -0.900. The first-order valence-electron chi connectivity index (χ1n) is 7.05. The van der Waals surface area contributed by atoms with Crippen molar-refractivity contribution in [3.8, 4) is 0 Å². The summed E-state index contributed by atoms with van der Waals surface area (Å²) in [6.45, 7) is 4.14. The topological polar surface area (TPSA) is 50.4 Å². The minimum atomic E-state index is -0.645. The number of thioether (sulfide) groups is 1. The highest BCUT2D eigenvalue weighted by Gasteiger charge is 2.35. The van der Waals surface area contributed by atoms with E-state index in [0.717, 1.165) is 29.9 Å². The fourth-order valence-corrected chi connectivity index (χ4v) is 4.41. The molecule has 3 unspecified atom stereocenters. The summed E-state index contributed by atoms with van der Waals surface area (Å²) in [5.74, 6) is 0.720. The smallest absolute Gasteiger partial charge is 0.307 e. The molecule has 0 aromatic carbocycles. The minimum Gasteiger partial charge on any atom is -0.481 e. The number of aliphatic carboxylic acids is 1. The number of carboxylic acids is 1. The van der Waals surface area contributed by atoms with Crippen molar-refractivity contribution < 1.29 is 14.3 Å². The van der Waals surface area contributed by atoms with E-state index in [1.165, 1.54) is 12.8 Å². The van der Waals surface area contributed by atoms with Crippen LogP contribution in [-0.2, 0) is 4.79 Å². The van der Waals surface area contributed by atoms with Gasteiger partial charge in [0.15, 0.2) is 0 Å². The zero-order valence-corrected chi connectivity index (χ0v) is 12.4. The Morgan fingerprint density at radius 3 is 2.89 bits per heavy atom. The lowest BCUT2D eigenvalue weighted by atomic mass is 9.80. The summed E-state index contributed by atoms with van der Waals surface area (Å²) >= 11 is 1.69. The maximum Gasteiger partial charge on any atom is 0.307 e. The molecule has 0 spiro atoms. The lowest BCUT2D eigenvalue weighted by molar-refractivity contribution is -0.142. The second-order valence-corrected chi connectivity index (χ2v) is 6.69. The SMILES string of the molecule is CCCC1CCC(C(=O)O)C(Sc2ccoc2C)C1. The molecule has 1 heterocycles. The quantitative estimate of drug-likeness (QED) is 0.872. The lowest BCUT2D eigenvalue weighted by Gasteiger charge is -2.33. The highest BCUT2D eigenvalue weighted by molar-refractivity contribution is 8.00. The summed E-state index contributed by atoms with van der Waals surface area (Å²) in [6.07, 6.45) is 6.97. The molecule has 1 aromatic heterocycles. The molecule has 0 amide bonds. The third-order valence-electron chi connectivity index (χ3n) is 4.00. The van der Waals surface area contributed by atoms with E-state index in [0.29, 0.717) is 5.92 Å². The van der Waals surface area contributed by atoms with Gasteiger partial charge in [-0.3, -0.25) is 4.79 Å². The van der Waals surface area contributed by atoms with Crippen molar-refractivity contribution in [3.05, 3.63) is 18.1 Å². The van der Waals surface area contributed by atoms with Crippen molar-refractivity contribution >= 4 is 17.7 Å². The van der Waals surface area contributed by atoms with E-state index in [2.05, 4.69) is 6.92 Å². The fourth-order valence-electron chi connectivity index (χ4n) is 2.95. The third-order valence-corrected chi connectivity index (χ3v) is 5.51. The first-order chi connectivity index (χ1) is 9.11. The molecule has 0 radical (unpaired) electrons. The van der Waals surface area contributed by atoms with Crippen LogP contribution in [0.15, 0.2) is 21.6 Å². The van der Waals surface area contributed by atoms with Crippen LogP contribution in [0.5, 0.6) is 0 Å². The number of carboxylic acid groups (broad SMARTS) is 1. The molecule has 1 aliphatic carbocycles. The zero-order valence-electron chi connectivity index (χ0n) is 11.6. The predicted octanol–water partition coefficient (Wildman–Crippen LogP) is 4.35. The van der Waals surface area contributed by atoms with Crippen LogP contribution in [0, 0.1) is 18.8 Å². The summed E-state index contributed by atoms with van der Waals surface area (Å²) < 4.78 is 5.31. The van der Waals surface area contributed by atoms with Gasteiger partial charge in [0.25, 0.3) is 0 Å². The summed E-state index contributed by atoms with van der Waals surface area (Å²) in [5.41, 5.74) is 0. The van der Waals surface area contributed by atoms with Gasteiger partial charge in [-0.1, -0.05) is 19.8 Å². The maximum atomic E-state index is 11.4. The number of hydrogen-bond acceptors (Lipinski definition) is 3. The molecule has 3 nitrogen and oxygen atoms in total. The molecule has 19 heavy (non-hydrogen) atoms. The molecular formula is C15H22O3S. The van der Waals surface area contributed by atoms with Crippen molar-refractivity contribution in [2.24, 2.45) is 11.8 Å². The molecule has 0 bridgehead atoms. The van der Waals surface area contributed by atoms with Crippen LogP contribution in [0.2, 0.25) is 0 Å². The summed E-state index contributed by atoms with van der Waals surface area (Å²) in [7, 11) is 0. The third kappa shape index (κ3) is 3.56. The van der Waals surface area contributed by atoms with Gasteiger partial charge in [-0.05, 0) is 38.2 Å². The van der Waals surface area contributed by atoms with Crippen LogP contribution < -0.4 is 0 Å². The zero-order chi connectivity index (χ0) is 13.8. The summed E-state index contributed by atoms with van der Waals surface area (Å²) in [4.78, 5) is 12.5. The minimum absolute atomic E-state index is 0.180. The predicted molar refractivity (Wildman–Crippen MR) is 76.5 cm³/mol. The van der Waals surface area contributed by atoms with Gasteiger partial charge < -0.3 is 9.52 Å².